The number of nitrogens with one attached hydrogen (secondary N) is 2. The van der Waals surface area contributed by atoms with Gasteiger partial charge in [0.15, 0.2) is 0 Å². The van der Waals surface area contributed by atoms with Gasteiger partial charge in [-0.3, -0.25) is 4.79 Å². The van der Waals surface area contributed by atoms with Crippen LogP contribution in [0.4, 0.5) is 0 Å². The van der Waals surface area contributed by atoms with Crippen LogP contribution in [-0.4, -0.2) is 72.1 Å². The zero-order chi connectivity index (χ0) is 18.6. The van der Waals surface area contributed by atoms with E-state index in [0.717, 1.165) is 6.54 Å². The monoisotopic (exact) mass is 410 g/mol. The SMILES string of the molecule is C[NH+](C)CCNC(=O)c1cc(S(=O)(=O)N2CCOCC2)c(Cl)cc1Cl. The number of amides is 1. The second-order valence-electron chi connectivity index (χ2n) is 5.99. The number of likely N-dealkylation sites (N-methyl/N-ethyl adjacent to an activating group) is 1. The van der Waals surface area contributed by atoms with Gasteiger partial charge in [-0.05, 0) is 12.1 Å². The number of morpholine rings is 1. The van der Waals surface area contributed by atoms with Crippen LogP contribution < -0.4 is 10.2 Å². The van der Waals surface area contributed by atoms with Crippen molar-refractivity contribution in [3.05, 3.63) is 27.7 Å². The van der Waals surface area contributed by atoms with E-state index in [2.05, 4.69) is 5.32 Å². The van der Waals surface area contributed by atoms with Crippen LogP contribution >= 0.6 is 23.2 Å². The van der Waals surface area contributed by atoms with Crippen molar-refractivity contribution in [2.45, 2.75) is 4.90 Å². The predicted molar refractivity (Wildman–Crippen MR) is 96.1 cm³/mol. The average molecular weight is 411 g/mol. The normalized spacial score (nSPS) is 16.2. The second-order valence-corrected chi connectivity index (χ2v) is 8.71. The summed E-state index contributed by atoms with van der Waals surface area (Å²) in [4.78, 5) is 13.4. The van der Waals surface area contributed by atoms with Gasteiger partial charge in [0, 0.05) is 13.1 Å². The van der Waals surface area contributed by atoms with E-state index >= 15 is 0 Å². The summed E-state index contributed by atoms with van der Waals surface area (Å²) < 4.78 is 32.1. The summed E-state index contributed by atoms with van der Waals surface area (Å²) >= 11 is 12.2. The van der Waals surface area contributed by atoms with E-state index in [1.54, 1.807) is 0 Å². The highest BCUT2D eigenvalue weighted by Crippen LogP contribution is 2.31. The van der Waals surface area contributed by atoms with Crippen molar-refractivity contribution in [3.63, 3.8) is 0 Å². The van der Waals surface area contributed by atoms with Gasteiger partial charge in [0.2, 0.25) is 10.0 Å². The van der Waals surface area contributed by atoms with Gasteiger partial charge in [0.25, 0.3) is 5.91 Å². The molecule has 0 aliphatic carbocycles. The first-order chi connectivity index (χ1) is 11.7. The van der Waals surface area contributed by atoms with Crippen LogP contribution in [0, 0.1) is 0 Å². The highest BCUT2D eigenvalue weighted by molar-refractivity contribution is 7.89. The van der Waals surface area contributed by atoms with Crippen molar-refractivity contribution in [2.24, 2.45) is 0 Å². The molecule has 1 aliphatic heterocycles. The van der Waals surface area contributed by atoms with Crippen molar-refractivity contribution in [1.82, 2.24) is 9.62 Å². The van der Waals surface area contributed by atoms with Crippen LogP contribution in [0.15, 0.2) is 17.0 Å². The molecule has 2 rings (SSSR count). The van der Waals surface area contributed by atoms with E-state index in [0.29, 0.717) is 19.8 Å². The number of ether oxygens (including phenoxy) is 1. The second kappa shape index (κ2) is 8.66. The Labute approximate surface area is 157 Å². The Kier molecular flexibility index (Phi) is 7.07. The Hall–Kier alpha value is -0.900. The third kappa shape index (κ3) is 5.06. The number of sulfonamides is 1. The third-order valence-corrected chi connectivity index (χ3v) is 6.44. The van der Waals surface area contributed by atoms with E-state index in [1.807, 2.05) is 14.1 Å². The molecule has 2 N–H and O–H groups in total. The molecular formula is C15H22Cl2N3O4S+. The zero-order valence-electron chi connectivity index (χ0n) is 14.1. The Morgan fingerprint density at radius 3 is 2.48 bits per heavy atom. The molecular weight excluding hydrogens is 389 g/mol. The lowest BCUT2D eigenvalue weighted by Crippen LogP contribution is -3.06. The van der Waals surface area contributed by atoms with Crippen molar-refractivity contribution in [1.29, 1.82) is 0 Å². The molecule has 0 radical (unpaired) electrons. The molecule has 0 bridgehead atoms. The van der Waals surface area contributed by atoms with E-state index in [1.165, 1.54) is 21.3 Å². The average Bonchev–Trinajstić information content (AvgIpc) is 2.55. The molecule has 1 amide bonds. The molecule has 10 heteroatoms. The van der Waals surface area contributed by atoms with Crippen LogP contribution in [0.2, 0.25) is 10.0 Å². The van der Waals surface area contributed by atoms with Gasteiger partial charge in [-0.15, -0.1) is 0 Å². The number of hydrogen-bond donors (Lipinski definition) is 2. The van der Waals surface area contributed by atoms with E-state index < -0.39 is 15.9 Å². The summed E-state index contributed by atoms with van der Waals surface area (Å²) in [6, 6.07) is 2.54. The summed E-state index contributed by atoms with van der Waals surface area (Å²) in [5.74, 6) is -0.429. The summed E-state index contributed by atoms with van der Waals surface area (Å²) in [5, 5.41) is 2.84. The van der Waals surface area contributed by atoms with E-state index in [9.17, 15) is 13.2 Å². The first-order valence-electron chi connectivity index (χ1n) is 7.87. The number of quaternary nitrogens is 1. The van der Waals surface area contributed by atoms with Crippen molar-refractivity contribution >= 4 is 39.1 Å². The smallest absolute Gasteiger partial charge is 0.253 e. The fourth-order valence-corrected chi connectivity index (χ4v) is 4.59. The molecule has 140 valence electrons. The van der Waals surface area contributed by atoms with Crippen molar-refractivity contribution in [3.8, 4) is 0 Å². The molecule has 0 unspecified atom stereocenters. The van der Waals surface area contributed by atoms with Gasteiger partial charge in [-0.2, -0.15) is 4.31 Å². The van der Waals surface area contributed by atoms with Gasteiger partial charge in [-0.25, -0.2) is 8.42 Å². The number of halogens is 2. The molecule has 1 aliphatic rings. The lowest BCUT2D eigenvalue weighted by atomic mass is 10.2. The van der Waals surface area contributed by atoms with E-state index in [4.69, 9.17) is 27.9 Å². The molecule has 1 aromatic carbocycles. The molecule has 7 nitrogen and oxygen atoms in total. The largest absolute Gasteiger partial charge is 0.379 e. The highest BCUT2D eigenvalue weighted by Gasteiger charge is 2.30. The van der Waals surface area contributed by atoms with Crippen LogP contribution in [0.3, 0.4) is 0 Å². The number of carbonyl (C=O) groups excluding carboxylic acids is 1. The fraction of sp³-hybridized carbons (Fsp3) is 0.533. The Morgan fingerprint density at radius 1 is 1.24 bits per heavy atom. The van der Waals surface area contributed by atoms with Gasteiger partial charge in [0.1, 0.15) is 4.90 Å². The van der Waals surface area contributed by atoms with Gasteiger partial charge in [0.05, 0.1) is 56.0 Å². The Balaban J connectivity index is 2.29. The van der Waals surface area contributed by atoms with Crippen LogP contribution in [-0.2, 0) is 14.8 Å². The maximum atomic E-state index is 12.8. The fourth-order valence-electron chi connectivity index (χ4n) is 2.35. The first kappa shape index (κ1) is 20.4. The number of rotatable bonds is 6. The quantitative estimate of drug-likeness (QED) is 0.685. The topological polar surface area (TPSA) is 80.2 Å². The van der Waals surface area contributed by atoms with Crippen molar-refractivity contribution in [2.75, 3.05) is 53.5 Å². The lowest BCUT2D eigenvalue weighted by molar-refractivity contribution is -0.856. The van der Waals surface area contributed by atoms with Crippen LogP contribution in [0.5, 0.6) is 0 Å². The summed E-state index contributed by atoms with van der Waals surface area (Å²) in [6.07, 6.45) is 0. The number of benzene rings is 1. The standard InChI is InChI=1S/C15H21Cl2N3O4S/c1-19(2)4-3-18-15(21)11-9-14(13(17)10-12(11)16)25(22,23)20-5-7-24-8-6-20/h9-10H,3-8H2,1-2H3,(H,18,21)/p+1. The molecule has 0 aromatic heterocycles. The lowest BCUT2D eigenvalue weighted by Gasteiger charge is -2.26. The summed E-state index contributed by atoms with van der Waals surface area (Å²) in [7, 11) is 0.113. The molecule has 1 heterocycles. The van der Waals surface area contributed by atoms with E-state index in [-0.39, 0.29) is 33.6 Å². The Bertz CT molecular complexity index is 735. The first-order valence-corrected chi connectivity index (χ1v) is 10.1. The molecule has 25 heavy (non-hydrogen) atoms. The molecule has 0 atom stereocenters. The highest BCUT2D eigenvalue weighted by atomic mass is 35.5. The number of hydrogen-bond acceptors (Lipinski definition) is 4. The summed E-state index contributed by atoms with van der Waals surface area (Å²) in [6.45, 7) is 2.32. The zero-order valence-corrected chi connectivity index (χ0v) is 16.5. The molecule has 1 fully saturated rings. The maximum absolute atomic E-state index is 12.8. The maximum Gasteiger partial charge on any atom is 0.253 e. The predicted octanol–water partition coefficient (Wildman–Crippen LogP) is -0.111. The Morgan fingerprint density at radius 2 is 1.88 bits per heavy atom. The van der Waals surface area contributed by atoms with Crippen LogP contribution in [0.1, 0.15) is 10.4 Å². The number of nitrogens with zero attached hydrogens (tertiary/aromatic N) is 1. The minimum atomic E-state index is -3.82. The van der Waals surface area contributed by atoms with Crippen molar-refractivity contribution < 1.29 is 22.8 Å². The van der Waals surface area contributed by atoms with Gasteiger partial charge >= 0.3 is 0 Å². The minimum Gasteiger partial charge on any atom is -0.379 e. The van der Waals surface area contributed by atoms with Gasteiger partial charge < -0.3 is 15.0 Å². The van der Waals surface area contributed by atoms with Crippen LogP contribution in [0.25, 0.3) is 0 Å². The molecule has 0 spiro atoms. The summed E-state index contributed by atoms with van der Waals surface area (Å²) in [5.41, 5.74) is 0.0895. The molecule has 1 aromatic rings. The third-order valence-electron chi connectivity index (χ3n) is 3.76. The minimum absolute atomic E-state index is 0.00854. The number of carbonyl (C=O) groups is 1. The van der Waals surface area contributed by atoms with Gasteiger partial charge in [-0.1, -0.05) is 23.2 Å². The molecule has 1 saturated heterocycles. The molecule has 0 saturated carbocycles.